The predicted octanol–water partition coefficient (Wildman–Crippen LogP) is 4.45. The van der Waals surface area contributed by atoms with E-state index >= 15 is 0 Å². The number of nitrogens with zero attached hydrogens (tertiary/aromatic N) is 3. The van der Waals surface area contributed by atoms with Gasteiger partial charge >= 0.3 is 0 Å². The highest BCUT2D eigenvalue weighted by Crippen LogP contribution is 2.55. The molecule has 0 atom stereocenters. The van der Waals surface area contributed by atoms with Gasteiger partial charge < -0.3 is 20.2 Å². The molecule has 0 aliphatic carbocycles. The van der Waals surface area contributed by atoms with E-state index < -0.39 is 0 Å². The van der Waals surface area contributed by atoms with E-state index in [4.69, 9.17) is 0 Å². The first kappa shape index (κ1) is 19.6. The van der Waals surface area contributed by atoms with Gasteiger partial charge in [0, 0.05) is 31.1 Å². The van der Waals surface area contributed by atoms with Gasteiger partial charge in [-0.3, -0.25) is 0 Å². The van der Waals surface area contributed by atoms with Crippen LogP contribution < -0.4 is 10.2 Å². The second-order valence-corrected chi connectivity index (χ2v) is 8.80. The fourth-order valence-electron chi connectivity index (χ4n) is 5.16. The summed E-state index contributed by atoms with van der Waals surface area (Å²) in [6, 6.07) is 14.0. The molecule has 4 rings (SSSR count). The van der Waals surface area contributed by atoms with E-state index in [0.717, 1.165) is 61.6 Å². The quantitative estimate of drug-likeness (QED) is 0.808. The molecule has 2 aromatic carbocycles. The summed E-state index contributed by atoms with van der Waals surface area (Å²) in [5.41, 5.74) is 4.50. The number of likely N-dealkylation sites (tertiary alicyclic amines) is 1. The smallest absolute Gasteiger partial charge is 0.139 e. The summed E-state index contributed by atoms with van der Waals surface area (Å²) < 4.78 is 0. The Balaban J connectivity index is 1.80. The molecule has 1 saturated heterocycles. The van der Waals surface area contributed by atoms with Gasteiger partial charge in [-0.1, -0.05) is 26.0 Å². The standard InChI is InChI=1S/C24H30N4O/c1-17(2)15-27-12-10-24(11-13-27)16-28(20-7-5-4-6-19(20)26-3)23-21(29)9-8-18(14-25)22(23)24/h4-9,17,26,29H,10-13,15-16H2,1-3H3. The SMILES string of the molecule is CNc1ccccc1N1CC2(CCN(CC(C)C)CC2)c2c(C#N)ccc(O)c21. The van der Waals surface area contributed by atoms with Gasteiger partial charge in [0.25, 0.3) is 0 Å². The summed E-state index contributed by atoms with van der Waals surface area (Å²) in [5.74, 6) is 0.907. The highest BCUT2D eigenvalue weighted by atomic mass is 16.3. The zero-order chi connectivity index (χ0) is 20.6. The molecule has 2 heterocycles. The summed E-state index contributed by atoms with van der Waals surface area (Å²) in [6.07, 6.45) is 2.01. The van der Waals surface area contributed by atoms with Gasteiger partial charge in [0.05, 0.1) is 28.7 Å². The van der Waals surface area contributed by atoms with Crippen molar-refractivity contribution in [1.82, 2.24) is 4.90 Å². The van der Waals surface area contributed by atoms with Crippen molar-refractivity contribution >= 4 is 17.1 Å². The molecule has 1 fully saturated rings. The predicted molar refractivity (Wildman–Crippen MR) is 118 cm³/mol. The Kier molecular flexibility index (Phi) is 5.14. The maximum Gasteiger partial charge on any atom is 0.139 e. The number of aromatic hydroxyl groups is 1. The Morgan fingerprint density at radius 1 is 1.17 bits per heavy atom. The first-order valence-electron chi connectivity index (χ1n) is 10.5. The molecule has 0 unspecified atom stereocenters. The third-order valence-corrected chi connectivity index (χ3v) is 6.44. The van der Waals surface area contributed by atoms with E-state index in [1.807, 2.05) is 19.2 Å². The van der Waals surface area contributed by atoms with Crippen molar-refractivity contribution < 1.29 is 5.11 Å². The molecule has 0 radical (unpaired) electrons. The van der Waals surface area contributed by atoms with Crippen LogP contribution in [-0.4, -0.2) is 43.2 Å². The van der Waals surface area contributed by atoms with Crippen LogP contribution in [0.25, 0.3) is 0 Å². The van der Waals surface area contributed by atoms with Gasteiger partial charge in [-0.15, -0.1) is 0 Å². The van der Waals surface area contributed by atoms with E-state index in [9.17, 15) is 10.4 Å². The van der Waals surface area contributed by atoms with Crippen LogP contribution in [0, 0.1) is 17.2 Å². The minimum absolute atomic E-state index is 0.104. The Bertz CT molecular complexity index is 938. The summed E-state index contributed by atoms with van der Waals surface area (Å²) in [5, 5.41) is 24.0. The summed E-state index contributed by atoms with van der Waals surface area (Å²) in [4.78, 5) is 4.75. The zero-order valence-corrected chi connectivity index (χ0v) is 17.6. The molecule has 5 nitrogen and oxygen atoms in total. The van der Waals surface area contributed by atoms with Crippen LogP contribution in [0.4, 0.5) is 17.1 Å². The number of piperidine rings is 1. The Labute approximate surface area is 173 Å². The summed E-state index contributed by atoms with van der Waals surface area (Å²) in [6.45, 7) is 8.48. The second-order valence-electron chi connectivity index (χ2n) is 8.80. The Hall–Kier alpha value is -2.71. The fraction of sp³-hybridized carbons (Fsp3) is 0.458. The second kappa shape index (κ2) is 7.61. The third kappa shape index (κ3) is 3.32. The number of hydrogen-bond donors (Lipinski definition) is 2. The molecule has 0 aromatic heterocycles. The molecule has 5 heteroatoms. The topological polar surface area (TPSA) is 62.5 Å². The van der Waals surface area contributed by atoms with Gasteiger partial charge in [0.1, 0.15) is 5.75 Å². The number of benzene rings is 2. The maximum absolute atomic E-state index is 10.8. The number of hydrogen-bond acceptors (Lipinski definition) is 5. The Morgan fingerprint density at radius 3 is 2.55 bits per heavy atom. The molecule has 0 bridgehead atoms. The molecule has 1 spiro atoms. The number of para-hydroxylation sites is 2. The van der Waals surface area contributed by atoms with E-state index in [1.54, 1.807) is 12.1 Å². The molecule has 29 heavy (non-hydrogen) atoms. The number of anilines is 3. The van der Waals surface area contributed by atoms with Gasteiger partial charge in [-0.2, -0.15) is 5.26 Å². The number of rotatable bonds is 4. The lowest BCUT2D eigenvalue weighted by Crippen LogP contribution is -2.45. The van der Waals surface area contributed by atoms with Crippen molar-refractivity contribution in [2.75, 3.05) is 43.4 Å². The van der Waals surface area contributed by atoms with Gasteiger partial charge in [0.15, 0.2) is 0 Å². The lowest BCUT2D eigenvalue weighted by atomic mass is 9.72. The lowest BCUT2D eigenvalue weighted by Gasteiger charge is -2.40. The van der Waals surface area contributed by atoms with Crippen molar-refractivity contribution in [2.24, 2.45) is 5.92 Å². The first-order valence-corrected chi connectivity index (χ1v) is 10.5. The number of phenols is 1. The van der Waals surface area contributed by atoms with Crippen LogP contribution in [0.5, 0.6) is 5.75 Å². The van der Waals surface area contributed by atoms with Crippen LogP contribution >= 0.6 is 0 Å². The average molecular weight is 391 g/mol. The number of phenolic OH excluding ortho intramolecular Hbond substituents is 1. The molecule has 0 amide bonds. The number of fused-ring (bicyclic) bond motifs is 2. The highest BCUT2D eigenvalue weighted by Gasteiger charge is 2.48. The van der Waals surface area contributed by atoms with Gasteiger partial charge in [-0.25, -0.2) is 0 Å². The van der Waals surface area contributed by atoms with Crippen LogP contribution in [0.15, 0.2) is 36.4 Å². The van der Waals surface area contributed by atoms with Crippen LogP contribution in [0.2, 0.25) is 0 Å². The first-order chi connectivity index (χ1) is 14.0. The van der Waals surface area contributed by atoms with Gasteiger partial charge in [-0.05, 0) is 56.1 Å². The van der Waals surface area contributed by atoms with Crippen LogP contribution in [0.3, 0.4) is 0 Å². The van der Waals surface area contributed by atoms with E-state index in [1.165, 1.54) is 0 Å². The summed E-state index contributed by atoms with van der Waals surface area (Å²) in [7, 11) is 1.92. The van der Waals surface area contributed by atoms with Gasteiger partial charge in [0.2, 0.25) is 0 Å². The molecule has 0 saturated carbocycles. The third-order valence-electron chi connectivity index (χ3n) is 6.44. The normalized spacial score (nSPS) is 18.1. The van der Waals surface area contributed by atoms with Crippen molar-refractivity contribution in [3.63, 3.8) is 0 Å². The van der Waals surface area contributed by atoms with E-state index in [-0.39, 0.29) is 11.2 Å². The molecule has 2 aliphatic rings. The van der Waals surface area contributed by atoms with E-state index in [2.05, 4.69) is 47.2 Å². The Morgan fingerprint density at radius 2 is 1.90 bits per heavy atom. The van der Waals surface area contributed by atoms with E-state index in [0.29, 0.717) is 11.5 Å². The highest BCUT2D eigenvalue weighted by molar-refractivity contribution is 5.85. The average Bonchev–Trinajstić information content (AvgIpc) is 3.06. The molecule has 152 valence electrons. The number of nitriles is 1. The van der Waals surface area contributed by atoms with Crippen molar-refractivity contribution in [1.29, 1.82) is 5.26 Å². The molecule has 2 N–H and O–H groups in total. The number of nitrogens with one attached hydrogen (secondary N) is 1. The molecular weight excluding hydrogens is 360 g/mol. The minimum atomic E-state index is -0.104. The molecule has 2 aromatic rings. The van der Waals surface area contributed by atoms with Crippen molar-refractivity contribution in [3.05, 3.63) is 47.5 Å². The van der Waals surface area contributed by atoms with Crippen molar-refractivity contribution in [2.45, 2.75) is 32.1 Å². The van der Waals surface area contributed by atoms with Crippen LogP contribution in [-0.2, 0) is 5.41 Å². The van der Waals surface area contributed by atoms with Crippen LogP contribution in [0.1, 0.15) is 37.8 Å². The zero-order valence-electron chi connectivity index (χ0n) is 17.6. The minimum Gasteiger partial charge on any atom is -0.506 e. The lowest BCUT2D eigenvalue weighted by molar-refractivity contribution is 0.153. The molecular formula is C24H30N4O. The monoisotopic (exact) mass is 390 g/mol. The van der Waals surface area contributed by atoms with Crippen molar-refractivity contribution in [3.8, 4) is 11.8 Å². The maximum atomic E-state index is 10.8. The summed E-state index contributed by atoms with van der Waals surface area (Å²) >= 11 is 0. The largest absolute Gasteiger partial charge is 0.506 e. The molecule has 2 aliphatic heterocycles. The fourth-order valence-corrected chi connectivity index (χ4v) is 5.16.